The Kier molecular flexibility index (Phi) is 2.31. The lowest BCUT2D eigenvalue weighted by Crippen LogP contribution is -2.42. The lowest BCUT2D eigenvalue weighted by Gasteiger charge is -2.39. The average molecular weight is 202 g/mol. The highest BCUT2D eigenvalue weighted by Gasteiger charge is 2.32. The zero-order valence-corrected chi connectivity index (χ0v) is 9.04. The number of hydrogen-bond acceptors (Lipinski definition) is 4. The Labute approximate surface area is 89.4 Å². The Hall–Kier alpha value is -1.63. The molecule has 15 heavy (non-hydrogen) atoms. The van der Waals surface area contributed by atoms with Crippen LogP contribution in [-0.4, -0.2) is 15.5 Å². The van der Waals surface area contributed by atoms with Crippen molar-refractivity contribution in [2.45, 2.75) is 38.6 Å². The highest BCUT2D eigenvalue weighted by atomic mass is 15.1. The fourth-order valence-electron chi connectivity index (χ4n) is 1.78. The SMILES string of the molecule is Cc1cc(C#N)nc(NC2(C)CCC2)n1. The third-order valence-corrected chi connectivity index (χ3v) is 2.84. The monoisotopic (exact) mass is 202 g/mol. The second-order valence-electron chi connectivity index (χ2n) is 4.37. The van der Waals surface area contributed by atoms with Gasteiger partial charge in [-0.15, -0.1) is 0 Å². The van der Waals surface area contributed by atoms with Gasteiger partial charge >= 0.3 is 0 Å². The van der Waals surface area contributed by atoms with Gasteiger partial charge in [0.2, 0.25) is 5.95 Å². The van der Waals surface area contributed by atoms with Crippen molar-refractivity contribution in [3.8, 4) is 6.07 Å². The number of anilines is 1. The smallest absolute Gasteiger partial charge is 0.224 e. The van der Waals surface area contributed by atoms with Crippen LogP contribution in [-0.2, 0) is 0 Å². The Morgan fingerprint density at radius 2 is 2.20 bits per heavy atom. The minimum atomic E-state index is 0.126. The number of nitrogens with one attached hydrogen (secondary N) is 1. The predicted molar refractivity (Wildman–Crippen MR) is 57.4 cm³/mol. The molecule has 1 aliphatic carbocycles. The van der Waals surface area contributed by atoms with Gasteiger partial charge in [-0.25, -0.2) is 9.97 Å². The van der Waals surface area contributed by atoms with Crippen molar-refractivity contribution in [2.75, 3.05) is 5.32 Å². The lowest BCUT2D eigenvalue weighted by atomic mass is 9.79. The molecule has 1 N–H and O–H groups in total. The van der Waals surface area contributed by atoms with Gasteiger partial charge in [-0.2, -0.15) is 5.26 Å². The van der Waals surface area contributed by atoms with Gasteiger partial charge in [0.1, 0.15) is 11.8 Å². The molecule has 1 aromatic heterocycles. The van der Waals surface area contributed by atoms with Crippen molar-refractivity contribution >= 4 is 5.95 Å². The van der Waals surface area contributed by atoms with E-state index in [0.717, 1.165) is 18.5 Å². The van der Waals surface area contributed by atoms with Gasteiger partial charge in [-0.3, -0.25) is 0 Å². The maximum absolute atomic E-state index is 8.79. The first-order valence-corrected chi connectivity index (χ1v) is 5.15. The van der Waals surface area contributed by atoms with Gasteiger partial charge in [-0.1, -0.05) is 0 Å². The summed E-state index contributed by atoms with van der Waals surface area (Å²) in [5.41, 5.74) is 1.38. The molecule has 0 saturated heterocycles. The molecule has 4 nitrogen and oxygen atoms in total. The standard InChI is InChI=1S/C11H14N4/c1-8-6-9(7-12)14-10(13-8)15-11(2)4-3-5-11/h6H,3-5H2,1-2H3,(H,13,14,15). The molecule has 0 radical (unpaired) electrons. The maximum Gasteiger partial charge on any atom is 0.224 e. The van der Waals surface area contributed by atoms with E-state index in [-0.39, 0.29) is 5.54 Å². The van der Waals surface area contributed by atoms with Crippen molar-refractivity contribution < 1.29 is 0 Å². The van der Waals surface area contributed by atoms with Crippen LogP contribution in [0, 0.1) is 18.3 Å². The van der Waals surface area contributed by atoms with Gasteiger partial charge in [0.25, 0.3) is 0 Å². The van der Waals surface area contributed by atoms with Crippen LogP contribution in [0.25, 0.3) is 0 Å². The van der Waals surface area contributed by atoms with E-state index in [4.69, 9.17) is 5.26 Å². The fraction of sp³-hybridized carbons (Fsp3) is 0.545. The molecular formula is C11H14N4. The van der Waals surface area contributed by atoms with Gasteiger partial charge in [0, 0.05) is 11.2 Å². The Bertz CT molecular complexity index is 415. The summed E-state index contributed by atoms with van der Waals surface area (Å²) in [6.45, 7) is 4.03. The van der Waals surface area contributed by atoms with Crippen LogP contribution in [0.15, 0.2) is 6.07 Å². The molecule has 1 aliphatic rings. The summed E-state index contributed by atoms with van der Waals surface area (Å²) in [4.78, 5) is 8.41. The number of rotatable bonds is 2. The highest BCUT2D eigenvalue weighted by molar-refractivity contribution is 5.36. The second kappa shape index (κ2) is 3.50. The Balaban J connectivity index is 2.21. The predicted octanol–water partition coefficient (Wildman–Crippen LogP) is 2.01. The Morgan fingerprint density at radius 3 is 2.73 bits per heavy atom. The average Bonchev–Trinajstić information content (AvgIpc) is 2.14. The second-order valence-corrected chi connectivity index (χ2v) is 4.37. The zero-order chi connectivity index (χ0) is 10.9. The molecule has 1 fully saturated rings. The molecule has 4 heteroatoms. The van der Waals surface area contributed by atoms with Crippen LogP contribution >= 0.6 is 0 Å². The molecule has 0 aromatic carbocycles. The molecule has 0 unspecified atom stereocenters. The zero-order valence-electron chi connectivity index (χ0n) is 9.04. The molecule has 0 amide bonds. The number of nitriles is 1. The summed E-state index contributed by atoms with van der Waals surface area (Å²) >= 11 is 0. The van der Waals surface area contributed by atoms with E-state index in [2.05, 4.69) is 22.2 Å². The number of aromatic nitrogens is 2. The molecule has 0 aliphatic heterocycles. The van der Waals surface area contributed by atoms with Gasteiger partial charge in [0.15, 0.2) is 0 Å². The molecule has 1 heterocycles. The van der Waals surface area contributed by atoms with Crippen molar-refractivity contribution in [2.24, 2.45) is 0 Å². The van der Waals surface area contributed by atoms with E-state index >= 15 is 0 Å². The van der Waals surface area contributed by atoms with Crippen LogP contribution in [0.2, 0.25) is 0 Å². The Morgan fingerprint density at radius 1 is 1.47 bits per heavy atom. The summed E-state index contributed by atoms with van der Waals surface area (Å²) in [5.74, 6) is 0.578. The van der Waals surface area contributed by atoms with E-state index < -0.39 is 0 Å². The van der Waals surface area contributed by atoms with E-state index in [0.29, 0.717) is 11.6 Å². The first-order valence-electron chi connectivity index (χ1n) is 5.15. The highest BCUT2D eigenvalue weighted by Crippen LogP contribution is 2.33. The molecule has 1 aromatic rings. The molecular weight excluding hydrogens is 188 g/mol. The van der Waals surface area contributed by atoms with E-state index in [9.17, 15) is 0 Å². The maximum atomic E-state index is 8.79. The first-order chi connectivity index (χ1) is 7.11. The van der Waals surface area contributed by atoms with Gasteiger partial charge < -0.3 is 5.32 Å². The van der Waals surface area contributed by atoms with Crippen LogP contribution in [0.1, 0.15) is 37.6 Å². The van der Waals surface area contributed by atoms with Gasteiger partial charge in [0.05, 0.1) is 0 Å². The summed E-state index contributed by atoms with van der Waals surface area (Å²) in [7, 11) is 0. The van der Waals surface area contributed by atoms with Crippen LogP contribution in [0.3, 0.4) is 0 Å². The van der Waals surface area contributed by atoms with Crippen molar-refractivity contribution in [1.29, 1.82) is 5.26 Å². The fourth-order valence-corrected chi connectivity index (χ4v) is 1.78. The number of aryl methyl sites for hydroxylation is 1. The van der Waals surface area contributed by atoms with E-state index in [1.165, 1.54) is 6.42 Å². The van der Waals surface area contributed by atoms with Gasteiger partial charge in [-0.05, 0) is 39.2 Å². The van der Waals surface area contributed by atoms with Crippen LogP contribution < -0.4 is 5.32 Å². The molecule has 0 bridgehead atoms. The number of hydrogen-bond donors (Lipinski definition) is 1. The normalized spacial score (nSPS) is 17.7. The van der Waals surface area contributed by atoms with E-state index in [1.807, 2.05) is 13.0 Å². The largest absolute Gasteiger partial charge is 0.349 e. The molecule has 78 valence electrons. The third-order valence-electron chi connectivity index (χ3n) is 2.84. The third kappa shape index (κ3) is 2.07. The molecule has 1 saturated carbocycles. The molecule has 2 rings (SSSR count). The summed E-state index contributed by atoms with van der Waals surface area (Å²) < 4.78 is 0. The summed E-state index contributed by atoms with van der Waals surface area (Å²) in [5, 5.41) is 12.1. The molecule has 0 atom stereocenters. The van der Waals surface area contributed by atoms with Crippen molar-refractivity contribution in [1.82, 2.24) is 9.97 Å². The topological polar surface area (TPSA) is 61.6 Å². The van der Waals surface area contributed by atoms with E-state index in [1.54, 1.807) is 6.07 Å². The number of nitrogens with zero attached hydrogens (tertiary/aromatic N) is 3. The lowest BCUT2D eigenvalue weighted by molar-refractivity contribution is 0.304. The van der Waals surface area contributed by atoms with Crippen molar-refractivity contribution in [3.05, 3.63) is 17.5 Å². The minimum Gasteiger partial charge on any atom is -0.349 e. The van der Waals surface area contributed by atoms with Crippen LogP contribution in [0.4, 0.5) is 5.95 Å². The minimum absolute atomic E-state index is 0.126. The quantitative estimate of drug-likeness (QED) is 0.796. The first kappa shape index (κ1) is 9.91. The van der Waals surface area contributed by atoms with Crippen molar-refractivity contribution in [3.63, 3.8) is 0 Å². The summed E-state index contributed by atoms with van der Waals surface area (Å²) in [6, 6.07) is 3.73. The van der Waals surface area contributed by atoms with Crippen LogP contribution in [0.5, 0.6) is 0 Å². The molecule has 0 spiro atoms. The summed E-state index contributed by atoms with van der Waals surface area (Å²) in [6.07, 6.45) is 3.54.